The molecular weight excluding hydrogens is 464 g/mol. The van der Waals surface area contributed by atoms with Crippen molar-refractivity contribution in [2.24, 2.45) is 0 Å². The summed E-state index contributed by atoms with van der Waals surface area (Å²) in [5.74, 6) is -7.90. The molecule has 34 heavy (non-hydrogen) atoms. The van der Waals surface area contributed by atoms with Crippen LogP contribution in [0.2, 0.25) is 0 Å². The van der Waals surface area contributed by atoms with Crippen molar-refractivity contribution in [3.05, 3.63) is 35.4 Å². The first-order chi connectivity index (χ1) is 15.9. The van der Waals surface area contributed by atoms with Crippen molar-refractivity contribution in [3.63, 3.8) is 0 Å². The van der Waals surface area contributed by atoms with Gasteiger partial charge in [-0.1, -0.05) is 0 Å². The zero-order chi connectivity index (χ0) is 25.3. The summed E-state index contributed by atoms with van der Waals surface area (Å²) >= 11 is 0. The molecule has 0 aromatic heterocycles. The van der Waals surface area contributed by atoms with Crippen molar-refractivity contribution in [2.75, 3.05) is 6.61 Å². The molecule has 0 amide bonds. The molecule has 2 aromatic carbocycles. The van der Waals surface area contributed by atoms with E-state index in [2.05, 4.69) is 0 Å². The third kappa shape index (κ3) is 4.69. The van der Waals surface area contributed by atoms with Gasteiger partial charge in [0.1, 0.15) is 18.3 Å². The van der Waals surface area contributed by atoms with E-state index in [0.717, 1.165) is 24.3 Å². The van der Waals surface area contributed by atoms with Crippen LogP contribution >= 0.6 is 0 Å². The number of rotatable bonds is 5. The maximum absolute atomic E-state index is 12.5. The van der Waals surface area contributed by atoms with Crippen LogP contribution in [0.4, 0.5) is 0 Å². The van der Waals surface area contributed by atoms with E-state index in [1.807, 2.05) is 0 Å². The molecule has 0 saturated carbocycles. The molecule has 14 heteroatoms. The molecule has 0 bridgehead atoms. The molecule has 184 valence electrons. The monoisotopic (exact) mass is 484 g/mol. The van der Waals surface area contributed by atoms with Crippen LogP contribution in [0.3, 0.4) is 0 Å². The number of aliphatic hydroxyl groups excluding tert-OH is 3. The quantitative estimate of drug-likeness (QED) is 0.178. The second kappa shape index (κ2) is 9.48. The molecule has 14 nitrogen and oxygen atoms in total. The fraction of sp³-hybridized carbons (Fsp3) is 0.300. The smallest absolute Gasteiger partial charge is 0.340 e. The number of esters is 2. The molecular formula is C20H20O14. The maximum Gasteiger partial charge on any atom is 0.340 e. The zero-order valence-corrected chi connectivity index (χ0v) is 17.0. The van der Waals surface area contributed by atoms with Gasteiger partial charge < -0.3 is 60.2 Å². The largest absolute Gasteiger partial charge is 0.504 e. The number of benzene rings is 2. The van der Waals surface area contributed by atoms with Gasteiger partial charge in [0.05, 0.1) is 17.7 Å². The number of phenolic OH excluding ortho intramolecular Hbond substituents is 6. The fourth-order valence-electron chi connectivity index (χ4n) is 3.09. The molecule has 3 rings (SSSR count). The SMILES string of the molecule is O=C(O[C@@H]1O[C@H](CO)[C@@H](O)[C@H](O)[C@H]1OC(=O)c1cc(O)c(O)c(O)c1)c1cc(O)c(O)c(O)c1. The highest BCUT2D eigenvalue weighted by Crippen LogP contribution is 2.37. The van der Waals surface area contributed by atoms with Crippen LogP contribution in [0, 0.1) is 0 Å². The van der Waals surface area contributed by atoms with Gasteiger partial charge in [-0.05, 0) is 24.3 Å². The topological polar surface area (TPSA) is 244 Å². The van der Waals surface area contributed by atoms with Gasteiger partial charge in [0.2, 0.25) is 6.29 Å². The Morgan fingerprint density at radius 3 is 1.56 bits per heavy atom. The standard InChI is InChI=1S/C20H20O14/c21-5-12-15(28)16(29)17(33-18(30)6-1-8(22)13(26)9(23)2-6)20(32-12)34-19(31)7-3-10(24)14(27)11(25)4-7/h1-4,12,15-17,20-29H,5H2/t12-,15-,16+,17-,20+/m1/s1. The average Bonchev–Trinajstić information content (AvgIpc) is 2.79. The van der Waals surface area contributed by atoms with Crippen molar-refractivity contribution in [1.29, 1.82) is 0 Å². The second-order valence-electron chi connectivity index (χ2n) is 7.21. The zero-order valence-electron chi connectivity index (χ0n) is 17.0. The van der Waals surface area contributed by atoms with Crippen LogP contribution in [0.15, 0.2) is 24.3 Å². The number of aliphatic hydroxyl groups is 3. The third-order valence-corrected chi connectivity index (χ3v) is 4.90. The van der Waals surface area contributed by atoms with Crippen molar-refractivity contribution < 1.29 is 69.8 Å². The molecule has 1 aliphatic heterocycles. The molecule has 1 heterocycles. The highest BCUT2D eigenvalue weighted by Gasteiger charge is 2.48. The maximum atomic E-state index is 12.5. The summed E-state index contributed by atoms with van der Waals surface area (Å²) in [5.41, 5.74) is -0.992. The Bertz CT molecular complexity index is 1050. The summed E-state index contributed by atoms with van der Waals surface area (Å²) in [7, 11) is 0. The lowest BCUT2D eigenvalue weighted by molar-refractivity contribution is -0.284. The number of hydrogen-bond donors (Lipinski definition) is 9. The van der Waals surface area contributed by atoms with Crippen molar-refractivity contribution in [2.45, 2.75) is 30.7 Å². The Hall–Kier alpha value is -3.98. The van der Waals surface area contributed by atoms with Crippen molar-refractivity contribution in [1.82, 2.24) is 0 Å². The van der Waals surface area contributed by atoms with E-state index in [1.54, 1.807) is 0 Å². The van der Waals surface area contributed by atoms with Gasteiger partial charge in [0.25, 0.3) is 0 Å². The van der Waals surface area contributed by atoms with E-state index >= 15 is 0 Å². The van der Waals surface area contributed by atoms with Crippen molar-refractivity contribution in [3.8, 4) is 34.5 Å². The first-order valence-corrected chi connectivity index (χ1v) is 9.48. The summed E-state index contributed by atoms with van der Waals surface area (Å²) in [6, 6.07) is 2.92. The van der Waals surface area contributed by atoms with Gasteiger partial charge >= 0.3 is 11.9 Å². The van der Waals surface area contributed by atoms with Crippen LogP contribution in [0.5, 0.6) is 34.5 Å². The minimum atomic E-state index is -1.96. The van der Waals surface area contributed by atoms with Gasteiger partial charge in [-0.3, -0.25) is 0 Å². The molecule has 5 atom stereocenters. The number of aromatic hydroxyl groups is 6. The molecule has 0 aliphatic carbocycles. The van der Waals surface area contributed by atoms with Crippen LogP contribution in [0.1, 0.15) is 20.7 Å². The van der Waals surface area contributed by atoms with Gasteiger partial charge in [-0.15, -0.1) is 0 Å². The summed E-state index contributed by atoms with van der Waals surface area (Å²) in [4.78, 5) is 25.0. The number of carbonyl (C=O) groups is 2. The van der Waals surface area contributed by atoms with E-state index < -0.39 is 94.9 Å². The van der Waals surface area contributed by atoms with Gasteiger partial charge in [0.15, 0.2) is 40.6 Å². The predicted octanol–water partition coefficient (Wildman–Crippen LogP) is -1.26. The van der Waals surface area contributed by atoms with Gasteiger partial charge in [-0.25, -0.2) is 9.59 Å². The van der Waals surface area contributed by atoms with E-state index in [0.29, 0.717) is 0 Å². The van der Waals surface area contributed by atoms with Crippen LogP contribution in [-0.4, -0.2) is 95.2 Å². The molecule has 0 unspecified atom stereocenters. The van der Waals surface area contributed by atoms with Crippen LogP contribution in [-0.2, 0) is 14.2 Å². The minimum absolute atomic E-state index is 0.490. The average molecular weight is 484 g/mol. The Labute approximate surface area is 189 Å². The van der Waals surface area contributed by atoms with E-state index in [1.165, 1.54) is 0 Å². The fourth-order valence-corrected chi connectivity index (χ4v) is 3.09. The summed E-state index contributed by atoms with van der Waals surface area (Å²) in [6.07, 6.45) is -9.10. The normalized spacial score (nSPS) is 24.4. The van der Waals surface area contributed by atoms with Crippen molar-refractivity contribution >= 4 is 11.9 Å². The lowest BCUT2D eigenvalue weighted by Gasteiger charge is -2.40. The number of carbonyl (C=O) groups excluding carboxylic acids is 2. The van der Waals surface area contributed by atoms with E-state index in [9.17, 15) is 55.5 Å². The Morgan fingerprint density at radius 1 is 0.735 bits per heavy atom. The predicted molar refractivity (Wildman–Crippen MR) is 105 cm³/mol. The van der Waals surface area contributed by atoms with Gasteiger partial charge in [-0.2, -0.15) is 0 Å². The molecule has 1 aliphatic rings. The Balaban J connectivity index is 1.88. The Kier molecular flexibility index (Phi) is 6.88. The first-order valence-electron chi connectivity index (χ1n) is 9.48. The second-order valence-corrected chi connectivity index (χ2v) is 7.21. The van der Waals surface area contributed by atoms with Crippen LogP contribution < -0.4 is 0 Å². The number of phenols is 6. The Morgan fingerprint density at radius 2 is 1.15 bits per heavy atom. The molecule has 2 aromatic rings. The summed E-state index contributed by atoms with van der Waals surface area (Å²) < 4.78 is 15.3. The third-order valence-electron chi connectivity index (χ3n) is 4.90. The molecule has 0 radical (unpaired) electrons. The highest BCUT2D eigenvalue weighted by atomic mass is 16.7. The van der Waals surface area contributed by atoms with Crippen LogP contribution in [0.25, 0.3) is 0 Å². The number of ether oxygens (including phenoxy) is 3. The molecule has 1 saturated heterocycles. The molecule has 0 spiro atoms. The summed E-state index contributed by atoms with van der Waals surface area (Å²) in [6.45, 7) is -0.840. The lowest BCUT2D eigenvalue weighted by atomic mass is 9.99. The highest BCUT2D eigenvalue weighted by molar-refractivity contribution is 5.92. The summed E-state index contributed by atoms with van der Waals surface area (Å²) in [5, 5.41) is 87.0. The number of hydrogen-bond acceptors (Lipinski definition) is 14. The molecule has 9 N–H and O–H groups in total. The van der Waals surface area contributed by atoms with E-state index in [-0.39, 0.29) is 0 Å². The van der Waals surface area contributed by atoms with E-state index in [4.69, 9.17) is 14.2 Å². The lowest BCUT2D eigenvalue weighted by Crippen LogP contribution is -2.60. The van der Waals surface area contributed by atoms with Gasteiger partial charge in [0, 0.05) is 0 Å². The first kappa shape index (κ1) is 24.7. The minimum Gasteiger partial charge on any atom is -0.504 e. The molecule has 1 fully saturated rings.